The van der Waals surface area contributed by atoms with E-state index in [2.05, 4.69) is 126 Å². The van der Waals surface area contributed by atoms with Gasteiger partial charge in [0.2, 0.25) is 0 Å². The molecular weight excluding hydrogens is 1010 g/mol. The minimum Gasteiger partial charge on any atom is -0.446 e. The zero-order valence-electron chi connectivity index (χ0n) is 48.6. The summed E-state index contributed by atoms with van der Waals surface area (Å²) in [5, 5.41) is 14.3. The van der Waals surface area contributed by atoms with Gasteiger partial charge in [0.1, 0.15) is 46.5 Å². The van der Waals surface area contributed by atoms with Crippen LogP contribution in [0.3, 0.4) is 0 Å². The predicted molar refractivity (Wildman–Crippen MR) is 315 cm³/mol. The number of pyridine rings is 3. The number of aryl methyl sites for hydroxylation is 18. The molecular formula is C57H74N20OS. The molecule has 0 atom stereocenters. The highest BCUT2D eigenvalue weighted by molar-refractivity contribution is 7.11. The highest BCUT2D eigenvalue weighted by Gasteiger charge is 2.01. The normalized spacial score (nSPS) is 10.2. The average Bonchev–Trinajstić information content (AvgIpc) is 4.29. The first kappa shape index (κ1) is 60.8. The molecule has 0 amide bonds. The second kappa shape index (κ2) is 29.5. The Morgan fingerprint density at radius 3 is 1.37 bits per heavy atom. The molecule has 7 N–H and O–H groups in total. The summed E-state index contributed by atoms with van der Waals surface area (Å²) >= 11 is 1.73. The maximum atomic E-state index is 4.97. The van der Waals surface area contributed by atoms with E-state index >= 15 is 0 Å². The van der Waals surface area contributed by atoms with Crippen molar-refractivity contribution in [3.63, 3.8) is 0 Å². The largest absolute Gasteiger partial charge is 0.446 e. The van der Waals surface area contributed by atoms with Crippen LogP contribution in [0.15, 0.2) is 83.9 Å². The van der Waals surface area contributed by atoms with Crippen molar-refractivity contribution in [3.8, 4) is 0 Å². The monoisotopic (exact) mass is 1090 g/mol. The zero-order valence-corrected chi connectivity index (χ0v) is 49.5. The third-order valence-corrected chi connectivity index (χ3v) is 11.3. The van der Waals surface area contributed by atoms with Crippen LogP contribution in [-0.2, 0) is 0 Å². The topological polar surface area (TPSA) is 291 Å². The van der Waals surface area contributed by atoms with E-state index in [1.807, 2.05) is 172 Å². The van der Waals surface area contributed by atoms with Gasteiger partial charge in [-0.2, -0.15) is 10.2 Å². The summed E-state index contributed by atoms with van der Waals surface area (Å²) in [7, 11) is 0. The van der Waals surface area contributed by atoms with E-state index in [1.165, 1.54) is 10.4 Å². The van der Waals surface area contributed by atoms with Gasteiger partial charge in [0.25, 0.3) is 0 Å². The minimum absolute atomic E-state index is 0.734. The summed E-state index contributed by atoms with van der Waals surface area (Å²) in [6.07, 6.45) is 9.03. The number of oxazole rings is 1. The average molecular weight is 1090 g/mol. The lowest BCUT2D eigenvalue weighted by Gasteiger charge is -1.89. The van der Waals surface area contributed by atoms with Crippen molar-refractivity contribution < 1.29 is 4.42 Å². The summed E-state index contributed by atoms with van der Waals surface area (Å²) in [4.78, 5) is 62.2. The maximum absolute atomic E-state index is 4.97. The van der Waals surface area contributed by atoms with Gasteiger partial charge in [-0.25, -0.2) is 44.9 Å². The number of aromatic nitrogens is 20. The predicted octanol–water partition coefficient (Wildman–Crippen LogP) is 12.4. The highest BCUT2D eigenvalue weighted by Crippen LogP contribution is 2.14. The van der Waals surface area contributed by atoms with E-state index in [-0.39, 0.29) is 0 Å². The third kappa shape index (κ3) is 21.5. The Kier molecular flexibility index (Phi) is 22.7. The lowest BCUT2D eigenvalue weighted by Crippen LogP contribution is -1.80. The molecule has 0 spiro atoms. The molecule has 0 aliphatic rings. The standard InChI is InChI=1S/C9H10N2.3C8H9N3.2C5H8N2.C5H7NO.C5H7NS.C4H7N3/c1-6-3-4-8-9(5-6)11-7(2)10-8;2*1-5-3-7-8(4-9-5)11-6(2)10-7;1-5-3-4-7-8(9-5)11-6(2)10-7;1-4-3-6-5(2)7-4;1-4-3-5(2)7-6-4;2*1-4-3-6-5(2)7-4;1-3-5-4(2)7-6-3/h3-5H,1-2H3,(H,10,11);2*3-4H,1-2H3,(H,10,11);3-4H,1-2H3,(H,9,10,11);2*3H,1-2H3,(H,6,7);2*3H,1-2H3;1-2H3,(H,5,6,7). The van der Waals surface area contributed by atoms with Gasteiger partial charge < -0.3 is 29.3 Å². The maximum Gasteiger partial charge on any atom is 0.191 e. The summed E-state index contributed by atoms with van der Waals surface area (Å²) in [6.45, 7) is 35.1. The second-order valence-corrected chi connectivity index (χ2v) is 20.0. The van der Waals surface area contributed by atoms with Crippen LogP contribution in [0, 0.1) is 125 Å². The SMILES string of the molecule is Cc1cc(C)[nH]n1.Cc1cc2nc(C)[nH]c2cn1.Cc1cc2nc(C)[nH]c2cn1.Cc1ccc2[nH]c(C)nc2n1.Cc1ccc2nc(C)[nH]c2c1.Cc1cnc(C)[nH]1.Cc1cnc(C)o1.Cc1cnc(C)s1.Cc1n[nH]c(C)n1. The number of thiazole rings is 1. The summed E-state index contributed by atoms with van der Waals surface area (Å²) < 4.78 is 4.97. The number of hydrogen-bond acceptors (Lipinski definition) is 15. The lowest BCUT2D eigenvalue weighted by atomic mass is 10.2. The Balaban J connectivity index is 0.000000165. The van der Waals surface area contributed by atoms with Gasteiger partial charge in [-0.1, -0.05) is 6.07 Å². The Bertz CT molecular complexity index is 3280. The van der Waals surface area contributed by atoms with Crippen molar-refractivity contribution in [3.05, 3.63) is 182 Å². The molecule has 0 saturated carbocycles. The first-order chi connectivity index (χ1) is 37.5. The fraction of sp³-hybridized carbons (Fsp3) is 0.316. The van der Waals surface area contributed by atoms with Gasteiger partial charge in [0.15, 0.2) is 11.5 Å². The quantitative estimate of drug-likeness (QED) is 0.0743. The molecule has 0 fully saturated rings. The lowest BCUT2D eigenvalue weighted by molar-refractivity contribution is 0.494. The molecule has 1 aromatic carbocycles. The molecule has 0 aliphatic carbocycles. The number of nitrogens with zero attached hydrogens (tertiary/aromatic N) is 13. The summed E-state index contributed by atoms with van der Waals surface area (Å²) in [5.74, 6) is 8.03. The van der Waals surface area contributed by atoms with E-state index in [0.717, 1.165) is 136 Å². The zero-order chi connectivity index (χ0) is 57.8. The van der Waals surface area contributed by atoms with Crippen LogP contribution >= 0.6 is 11.3 Å². The van der Waals surface area contributed by atoms with E-state index in [1.54, 1.807) is 17.5 Å². The van der Waals surface area contributed by atoms with E-state index in [0.29, 0.717) is 0 Å². The second-order valence-electron chi connectivity index (χ2n) is 18.6. The molecule has 0 aliphatic heterocycles. The van der Waals surface area contributed by atoms with Crippen LogP contribution in [0.5, 0.6) is 0 Å². The van der Waals surface area contributed by atoms with Crippen molar-refractivity contribution in [2.45, 2.75) is 125 Å². The van der Waals surface area contributed by atoms with Crippen LogP contribution in [0.25, 0.3) is 44.3 Å². The molecule has 0 bridgehead atoms. The molecule has 22 heteroatoms. The van der Waals surface area contributed by atoms with Crippen LogP contribution in [0.2, 0.25) is 0 Å². The number of imidazole rings is 5. The van der Waals surface area contributed by atoms with Gasteiger partial charge in [0, 0.05) is 52.7 Å². The number of nitrogens with one attached hydrogen (secondary N) is 7. The van der Waals surface area contributed by atoms with E-state index in [4.69, 9.17) is 4.42 Å². The third-order valence-electron chi connectivity index (χ3n) is 10.5. The van der Waals surface area contributed by atoms with Gasteiger partial charge in [-0.15, -0.1) is 11.3 Å². The number of hydrogen-bond donors (Lipinski definition) is 7. The first-order valence-corrected chi connectivity index (χ1v) is 26.2. The number of benzene rings is 1. The smallest absolute Gasteiger partial charge is 0.191 e. The highest BCUT2D eigenvalue weighted by atomic mass is 32.1. The molecule has 12 heterocycles. The van der Waals surface area contributed by atoms with Crippen molar-refractivity contribution in [1.29, 1.82) is 0 Å². The molecule has 13 aromatic rings. The summed E-state index contributed by atoms with van der Waals surface area (Å²) in [5.41, 5.74) is 15.6. The van der Waals surface area contributed by atoms with Gasteiger partial charge in [-0.3, -0.25) is 20.2 Å². The van der Waals surface area contributed by atoms with Gasteiger partial charge in [-0.05, 0) is 166 Å². The van der Waals surface area contributed by atoms with Crippen LogP contribution < -0.4 is 0 Å². The number of fused-ring (bicyclic) bond motifs is 4. The van der Waals surface area contributed by atoms with Gasteiger partial charge >= 0.3 is 0 Å². The first-order valence-electron chi connectivity index (χ1n) is 25.4. The number of aromatic amines is 7. The minimum atomic E-state index is 0.734. The molecule has 12 aromatic heterocycles. The fourth-order valence-corrected chi connectivity index (χ4v) is 7.80. The van der Waals surface area contributed by atoms with E-state index < -0.39 is 0 Å². The fourth-order valence-electron chi connectivity index (χ4n) is 7.12. The molecule has 13 rings (SSSR count). The van der Waals surface area contributed by atoms with Crippen LogP contribution in [0.1, 0.15) is 102 Å². The molecule has 414 valence electrons. The Hall–Kier alpha value is -9.05. The number of rotatable bonds is 0. The molecule has 0 saturated heterocycles. The molecule has 21 nitrogen and oxygen atoms in total. The van der Waals surface area contributed by atoms with E-state index in [9.17, 15) is 0 Å². The Morgan fingerprint density at radius 2 is 0.975 bits per heavy atom. The number of H-pyrrole nitrogens is 7. The molecule has 79 heavy (non-hydrogen) atoms. The van der Waals surface area contributed by atoms with Crippen LogP contribution in [-0.4, -0.2) is 100 Å². The Morgan fingerprint density at radius 1 is 0.380 bits per heavy atom. The van der Waals surface area contributed by atoms with Crippen molar-refractivity contribution >= 4 is 55.6 Å². The van der Waals surface area contributed by atoms with Crippen LogP contribution in [0.4, 0.5) is 0 Å². The van der Waals surface area contributed by atoms with Crippen molar-refractivity contribution in [1.82, 2.24) is 100 Å². The summed E-state index contributed by atoms with van der Waals surface area (Å²) in [6, 6.07) is 16.1. The molecule has 0 unspecified atom stereocenters. The van der Waals surface area contributed by atoms with Gasteiger partial charge in [0.05, 0.1) is 67.9 Å². The Labute approximate surface area is 464 Å². The van der Waals surface area contributed by atoms with Crippen molar-refractivity contribution in [2.24, 2.45) is 0 Å². The van der Waals surface area contributed by atoms with Crippen molar-refractivity contribution in [2.75, 3.05) is 0 Å². The molecule has 0 radical (unpaired) electrons.